The van der Waals surface area contributed by atoms with Crippen molar-refractivity contribution in [3.63, 3.8) is 0 Å². The van der Waals surface area contributed by atoms with Gasteiger partial charge in [-0.2, -0.15) is 0 Å². The number of hydrogen-bond acceptors (Lipinski definition) is 6. The Kier molecular flexibility index (Phi) is 5.01. The lowest BCUT2D eigenvalue weighted by Crippen LogP contribution is -2.37. The number of nitrogen functional groups attached to an aromatic ring is 1. The van der Waals surface area contributed by atoms with Crippen LogP contribution < -0.4 is 10.6 Å². The van der Waals surface area contributed by atoms with Crippen LogP contribution in [0.4, 0.5) is 11.5 Å². The Hall–Kier alpha value is -1.82. The molecule has 1 aliphatic heterocycles. The van der Waals surface area contributed by atoms with Gasteiger partial charge in [-0.1, -0.05) is 0 Å². The van der Waals surface area contributed by atoms with Crippen molar-refractivity contribution >= 4 is 17.5 Å². The van der Waals surface area contributed by atoms with Gasteiger partial charge in [-0.15, -0.1) is 0 Å². The van der Waals surface area contributed by atoms with Crippen LogP contribution in [0.5, 0.6) is 0 Å². The summed E-state index contributed by atoms with van der Waals surface area (Å²) in [6.45, 7) is 3.03. The van der Waals surface area contributed by atoms with Crippen LogP contribution in [0.3, 0.4) is 0 Å². The number of methoxy groups -OCH3 is 1. The Morgan fingerprint density at radius 2 is 2.14 bits per heavy atom. The standard InChI is InChI=1S/C15H24N4O2/c1-18(2)10-11-4-6-19(7-5-11)14-8-12(15(20)21-3)13(16)9-17-14/h8-9,11H,4-7,10,16H2,1-3H3. The third-order valence-corrected chi connectivity index (χ3v) is 3.89. The second kappa shape index (κ2) is 6.76. The van der Waals surface area contributed by atoms with E-state index in [1.165, 1.54) is 13.3 Å². The summed E-state index contributed by atoms with van der Waals surface area (Å²) in [5.41, 5.74) is 6.53. The van der Waals surface area contributed by atoms with Crippen LogP contribution >= 0.6 is 0 Å². The lowest BCUT2D eigenvalue weighted by Gasteiger charge is -2.34. The van der Waals surface area contributed by atoms with Gasteiger partial charge in [0.05, 0.1) is 24.6 Å². The number of carbonyl (C=O) groups excluding carboxylic acids is 1. The molecule has 116 valence electrons. The molecular formula is C15H24N4O2. The molecule has 0 amide bonds. The molecule has 2 rings (SSSR count). The van der Waals surface area contributed by atoms with Crippen LogP contribution in [0, 0.1) is 5.92 Å². The number of nitrogens with zero attached hydrogens (tertiary/aromatic N) is 3. The Morgan fingerprint density at radius 3 is 2.71 bits per heavy atom. The number of rotatable bonds is 4. The maximum Gasteiger partial charge on any atom is 0.340 e. The minimum atomic E-state index is -0.418. The van der Waals surface area contributed by atoms with Gasteiger partial charge in [-0.3, -0.25) is 0 Å². The number of ether oxygens (including phenoxy) is 1. The van der Waals surface area contributed by atoms with E-state index >= 15 is 0 Å². The fraction of sp³-hybridized carbons (Fsp3) is 0.600. The Balaban J connectivity index is 2.05. The van der Waals surface area contributed by atoms with Crippen molar-refractivity contribution in [2.75, 3.05) is 51.5 Å². The van der Waals surface area contributed by atoms with Crippen molar-refractivity contribution in [2.45, 2.75) is 12.8 Å². The van der Waals surface area contributed by atoms with E-state index in [0.29, 0.717) is 11.3 Å². The molecule has 0 aliphatic carbocycles. The molecule has 21 heavy (non-hydrogen) atoms. The van der Waals surface area contributed by atoms with Gasteiger partial charge >= 0.3 is 5.97 Å². The molecule has 0 saturated carbocycles. The molecule has 1 aliphatic rings. The van der Waals surface area contributed by atoms with Crippen LogP contribution in [-0.2, 0) is 4.74 Å². The van der Waals surface area contributed by atoms with E-state index in [2.05, 4.69) is 28.9 Å². The van der Waals surface area contributed by atoms with Crippen molar-refractivity contribution in [1.82, 2.24) is 9.88 Å². The summed E-state index contributed by atoms with van der Waals surface area (Å²) in [5.74, 6) is 1.11. The highest BCUT2D eigenvalue weighted by Crippen LogP contribution is 2.24. The second-order valence-corrected chi connectivity index (χ2v) is 5.81. The van der Waals surface area contributed by atoms with Gasteiger partial charge in [-0.25, -0.2) is 9.78 Å². The Labute approximate surface area is 125 Å². The van der Waals surface area contributed by atoms with E-state index in [1.54, 1.807) is 6.07 Å². The van der Waals surface area contributed by atoms with E-state index in [0.717, 1.165) is 44.2 Å². The summed E-state index contributed by atoms with van der Waals surface area (Å²) in [6, 6.07) is 1.73. The molecule has 6 nitrogen and oxygen atoms in total. The lowest BCUT2D eigenvalue weighted by atomic mass is 9.96. The predicted molar refractivity (Wildman–Crippen MR) is 83.5 cm³/mol. The van der Waals surface area contributed by atoms with Gasteiger partial charge in [0.1, 0.15) is 5.82 Å². The predicted octanol–water partition coefficient (Wildman–Crippen LogP) is 1.23. The second-order valence-electron chi connectivity index (χ2n) is 5.81. The van der Waals surface area contributed by atoms with E-state index in [-0.39, 0.29) is 0 Å². The largest absolute Gasteiger partial charge is 0.465 e. The summed E-state index contributed by atoms with van der Waals surface area (Å²) >= 11 is 0. The SMILES string of the molecule is COC(=O)c1cc(N2CCC(CN(C)C)CC2)ncc1N. The van der Waals surface area contributed by atoms with Gasteiger partial charge < -0.3 is 20.3 Å². The third-order valence-electron chi connectivity index (χ3n) is 3.89. The zero-order chi connectivity index (χ0) is 15.4. The zero-order valence-corrected chi connectivity index (χ0v) is 13.0. The minimum absolute atomic E-state index is 0.355. The monoisotopic (exact) mass is 292 g/mol. The molecule has 0 unspecified atom stereocenters. The average molecular weight is 292 g/mol. The van der Waals surface area contributed by atoms with Gasteiger partial charge in [0.15, 0.2) is 0 Å². The maximum atomic E-state index is 11.7. The van der Waals surface area contributed by atoms with Crippen LogP contribution in [0.25, 0.3) is 0 Å². The number of aromatic nitrogens is 1. The Morgan fingerprint density at radius 1 is 1.48 bits per heavy atom. The lowest BCUT2D eigenvalue weighted by molar-refractivity contribution is 0.0602. The first-order chi connectivity index (χ1) is 10.0. The number of anilines is 2. The van der Waals surface area contributed by atoms with Gasteiger partial charge in [0, 0.05) is 19.6 Å². The molecule has 1 saturated heterocycles. The molecule has 6 heteroatoms. The highest BCUT2D eigenvalue weighted by Gasteiger charge is 2.22. The quantitative estimate of drug-likeness (QED) is 0.842. The number of pyridine rings is 1. The van der Waals surface area contributed by atoms with E-state index in [4.69, 9.17) is 10.5 Å². The summed E-state index contributed by atoms with van der Waals surface area (Å²) in [5, 5.41) is 0. The summed E-state index contributed by atoms with van der Waals surface area (Å²) in [6.07, 6.45) is 3.81. The fourth-order valence-electron chi connectivity index (χ4n) is 2.78. The van der Waals surface area contributed by atoms with Crippen LogP contribution in [-0.4, -0.2) is 56.7 Å². The van der Waals surface area contributed by atoms with Gasteiger partial charge in [0.2, 0.25) is 0 Å². The third kappa shape index (κ3) is 3.85. The molecule has 2 N–H and O–H groups in total. The van der Waals surface area contributed by atoms with Crippen molar-refractivity contribution in [3.05, 3.63) is 17.8 Å². The smallest absolute Gasteiger partial charge is 0.340 e. The molecule has 0 atom stereocenters. The number of nitrogens with two attached hydrogens (primary N) is 1. The summed E-state index contributed by atoms with van der Waals surface area (Å²) < 4.78 is 4.75. The first-order valence-electron chi connectivity index (χ1n) is 7.24. The molecule has 0 bridgehead atoms. The highest BCUT2D eigenvalue weighted by molar-refractivity contribution is 5.95. The zero-order valence-electron chi connectivity index (χ0n) is 13.0. The van der Waals surface area contributed by atoms with E-state index < -0.39 is 5.97 Å². The van der Waals surface area contributed by atoms with E-state index in [1.807, 2.05) is 0 Å². The van der Waals surface area contributed by atoms with Crippen LogP contribution in [0.15, 0.2) is 12.3 Å². The average Bonchev–Trinajstić information content (AvgIpc) is 2.47. The van der Waals surface area contributed by atoms with Crippen molar-refractivity contribution in [2.24, 2.45) is 5.92 Å². The summed E-state index contributed by atoms with van der Waals surface area (Å²) in [4.78, 5) is 20.5. The topological polar surface area (TPSA) is 71.7 Å². The van der Waals surface area contributed by atoms with Crippen LogP contribution in [0.1, 0.15) is 23.2 Å². The number of carbonyl (C=O) groups is 1. The number of esters is 1. The van der Waals surface area contributed by atoms with Gasteiger partial charge in [-0.05, 0) is 38.9 Å². The molecule has 2 heterocycles. The first kappa shape index (κ1) is 15.6. The molecule has 0 radical (unpaired) electrons. The van der Waals surface area contributed by atoms with E-state index in [9.17, 15) is 4.79 Å². The van der Waals surface area contributed by atoms with Crippen molar-refractivity contribution in [3.8, 4) is 0 Å². The van der Waals surface area contributed by atoms with Gasteiger partial charge in [0.25, 0.3) is 0 Å². The number of piperidine rings is 1. The fourth-order valence-corrected chi connectivity index (χ4v) is 2.78. The normalized spacial score (nSPS) is 16.3. The molecular weight excluding hydrogens is 268 g/mol. The molecule has 0 aromatic carbocycles. The highest BCUT2D eigenvalue weighted by atomic mass is 16.5. The van der Waals surface area contributed by atoms with Crippen molar-refractivity contribution in [1.29, 1.82) is 0 Å². The van der Waals surface area contributed by atoms with Crippen molar-refractivity contribution < 1.29 is 9.53 Å². The molecule has 1 fully saturated rings. The minimum Gasteiger partial charge on any atom is -0.465 e. The molecule has 0 spiro atoms. The number of hydrogen-bond donors (Lipinski definition) is 1. The summed E-state index contributed by atoms with van der Waals surface area (Å²) in [7, 11) is 5.57. The first-order valence-corrected chi connectivity index (χ1v) is 7.24. The molecule has 1 aromatic rings. The maximum absolute atomic E-state index is 11.7. The Bertz CT molecular complexity index is 496. The molecule has 1 aromatic heterocycles. The van der Waals surface area contributed by atoms with Crippen LogP contribution in [0.2, 0.25) is 0 Å².